The molecule has 0 aliphatic carbocycles. The van der Waals surface area contributed by atoms with Crippen LogP contribution in [0.2, 0.25) is 19.6 Å². The molecular weight excluding hydrogens is 855 g/mol. The van der Waals surface area contributed by atoms with Crippen LogP contribution in [0.3, 0.4) is 0 Å². The Morgan fingerprint density at radius 1 is 0.778 bits per heavy atom. The quantitative estimate of drug-likeness (QED) is 0.123. The van der Waals surface area contributed by atoms with Crippen molar-refractivity contribution < 1.29 is 24.5 Å². The van der Waals surface area contributed by atoms with Gasteiger partial charge in [0.2, 0.25) is 0 Å². The number of hydrogen-bond acceptors (Lipinski definition) is 3. The number of aryl methyl sites for hydroxylation is 1. The number of rotatable bonds is 6. The number of aromatic nitrogens is 3. The standard InChI is InChI=1S/C29H17N2O.C19H26NSi.Ir/c1-2-11-20-19(9-1)10-7-17-25(20)31-26-16-5-4-15-24(26)30-29(31)23-14-8-13-22-21-12-3-6-18-27(21)32-28(22)23;1-14(2)11-17-12-18(16-9-7-15(3)8-10-16)20-13-19(17)21(4,5)6;/h1-13,15-18H;7-9,12-14H,11H2,1-6H3;/q2*-1;. The number of furan rings is 1. The fraction of sp³-hybridized carbons (Fsp3) is 0.167. The van der Waals surface area contributed by atoms with E-state index in [1.165, 1.54) is 27.1 Å². The van der Waals surface area contributed by atoms with E-state index in [9.17, 15) is 0 Å². The molecule has 3 aromatic heterocycles. The van der Waals surface area contributed by atoms with Crippen molar-refractivity contribution in [3.63, 3.8) is 0 Å². The molecule has 3 heterocycles. The Labute approximate surface area is 332 Å². The number of pyridine rings is 1. The number of fused-ring (bicyclic) bond motifs is 5. The minimum atomic E-state index is -1.35. The van der Waals surface area contributed by atoms with E-state index in [-0.39, 0.29) is 20.1 Å². The third-order valence-electron chi connectivity index (χ3n) is 9.80. The van der Waals surface area contributed by atoms with Crippen LogP contribution in [0.4, 0.5) is 0 Å². The second-order valence-electron chi connectivity index (χ2n) is 15.3. The van der Waals surface area contributed by atoms with Crippen molar-refractivity contribution in [1.82, 2.24) is 14.5 Å². The van der Waals surface area contributed by atoms with Gasteiger partial charge in [0.15, 0.2) is 0 Å². The van der Waals surface area contributed by atoms with Gasteiger partial charge in [-0.15, -0.1) is 53.6 Å². The molecule has 0 amide bonds. The molecule has 6 heteroatoms. The molecule has 0 N–H and O–H groups in total. The van der Waals surface area contributed by atoms with Gasteiger partial charge in [0.25, 0.3) is 0 Å². The van der Waals surface area contributed by atoms with Gasteiger partial charge in [0.1, 0.15) is 5.58 Å². The number of benzene rings is 6. The van der Waals surface area contributed by atoms with Crippen molar-refractivity contribution >= 4 is 57.0 Å². The maximum absolute atomic E-state index is 6.33. The van der Waals surface area contributed by atoms with Crippen molar-refractivity contribution in [1.29, 1.82) is 0 Å². The summed E-state index contributed by atoms with van der Waals surface area (Å²) in [6.45, 7) is 13.8. The average Bonchev–Trinajstić information content (AvgIpc) is 3.73. The topological polar surface area (TPSA) is 43.9 Å². The molecule has 54 heavy (non-hydrogen) atoms. The van der Waals surface area contributed by atoms with Crippen molar-refractivity contribution in [2.75, 3.05) is 0 Å². The summed E-state index contributed by atoms with van der Waals surface area (Å²) in [5.41, 5.74) is 10.5. The number of imidazole rings is 1. The smallest absolute Gasteiger partial charge is 0.120 e. The van der Waals surface area contributed by atoms with Crippen LogP contribution < -0.4 is 5.19 Å². The fourth-order valence-electron chi connectivity index (χ4n) is 7.29. The Kier molecular flexibility index (Phi) is 10.5. The van der Waals surface area contributed by atoms with Crippen molar-refractivity contribution in [2.45, 2.75) is 46.8 Å². The summed E-state index contributed by atoms with van der Waals surface area (Å²) in [6, 6.07) is 50.6. The van der Waals surface area contributed by atoms with Crippen molar-refractivity contribution in [3.05, 3.63) is 157 Å². The van der Waals surface area contributed by atoms with Gasteiger partial charge >= 0.3 is 0 Å². The van der Waals surface area contributed by atoms with Gasteiger partial charge in [-0.1, -0.05) is 130 Å². The zero-order chi connectivity index (χ0) is 36.7. The molecule has 9 aromatic rings. The molecule has 0 saturated carbocycles. The van der Waals surface area contributed by atoms with Crippen LogP contribution in [-0.4, -0.2) is 22.6 Å². The van der Waals surface area contributed by atoms with Gasteiger partial charge in [0, 0.05) is 42.8 Å². The molecular formula is C48H43IrN3OSi-2. The zero-order valence-electron chi connectivity index (χ0n) is 31.6. The van der Waals surface area contributed by atoms with E-state index in [0.717, 1.165) is 67.7 Å². The molecule has 4 nitrogen and oxygen atoms in total. The Bertz CT molecular complexity index is 2730. The van der Waals surface area contributed by atoms with E-state index in [0.29, 0.717) is 5.92 Å². The first-order valence-corrected chi connectivity index (χ1v) is 21.9. The maximum atomic E-state index is 6.33. The van der Waals surface area contributed by atoms with E-state index in [1.54, 1.807) is 0 Å². The number of hydrogen-bond donors (Lipinski definition) is 0. The molecule has 9 rings (SSSR count). The zero-order valence-corrected chi connectivity index (χ0v) is 35.0. The van der Waals surface area contributed by atoms with E-state index in [1.807, 2.05) is 36.4 Å². The van der Waals surface area contributed by atoms with Crippen molar-refractivity contribution in [2.24, 2.45) is 5.92 Å². The summed E-state index contributed by atoms with van der Waals surface area (Å²) in [5.74, 6) is 1.49. The molecule has 6 aromatic carbocycles. The fourth-order valence-corrected chi connectivity index (χ4v) is 8.88. The van der Waals surface area contributed by atoms with Crippen LogP contribution in [-0.2, 0) is 26.5 Å². The minimum Gasteiger partial charge on any atom is -0.501 e. The summed E-state index contributed by atoms with van der Waals surface area (Å²) >= 11 is 0. The minimum absolute atomic E-state index is 0. The molecule has 271 valence electrons. The van der Waals surface area contributed by atoms with Gasteiger partial charge in [-0.3, -0.25) is 4.98 Å². The van der Waals surface area contributed by atoms with Gasteiger partial charge in [-0.2, -0.15) is 0 Å². The van der Waals surface area contributed by atoms with Crippen LogP contribution in [0.5, 0.6) is 0 Å². The maximum Gasteiger partial charge on any atom is 0.120 e. The molecule has 0 aliphatic rings. The Morgan fingerprint density at radius 2 is 1.52 bits per heavy atom. The van der Waals surface area contributed by atoms with Crippen LogP contribution in [0.1, 0.15) is 25.0 Å². The van der Waals surface area contributed by atoms with Crippen LogP contribution in [0, 0.1) is 25.0 Å². The molecule has 0 aliphatic heterocycles. The molecule has 1 radical (unpaired) electrons. The average molecular weight is 898 g/mol. The van der Waals surface area contributed by atoms with Gasteiger partial charge in [0.05, 0.1) is 30.5 Å². The first-order valence-electron chi connectivity index (χ1n) is 18.4. The number of para-hydroxylation sites is 3. The van der Waals surface area contributed by atoms with Crippen LogP contribution >= 0.6 is 0 Å². The second kappa shape index (κ2) is 15.3. The second-order valence-corrected chi connectivity index (χ2v) is 20.3. The molecule has 0 fully saturated rings. The third kappa shape index (κ3) is 7.22. The van der Waals surface area contributed by atoms with E-state index < -0.39 is 8.07 Å². The molecule has 0 bridgehead atoms. The number of nitrogens with zero attached hydrogens (tertiary/aromatic N) is 3. The van der Waals surface area contributed by atoms with Gasteiger partial charge in [-0.25, -0.2) is 0 Å². The van der Waals surface area contributed by atoms with Crippen LogP contribution in [0.15, 0.2) is 138 Å². The van der Waals surface area contributed by atoms with Gasteiger partial charge in [-0.05, 0) is 52.9 Å². The first kappa shape index (κ1) is 37.2. The monoisotopic (exact) mass is 898 g/mol. The van der Waals surface area contributed by atoms with E-state index in [4.69, 9.17) is 14.4 Å². The largest absolute Gasteiger partial charge is 0.501 e. The Balaban J connectivity index is 0.000000180. The Morgan fingerprint density at radius 3 is 2.30 bits per heavy atom. The normalized spacial score (nSPS) is 11.6. The van der Waals surface area contributed by atoms with Gasteiger partial charge < -0.3 is 14.0 Å². The summed E-state index contributed by atoms with van der Waals surface area (Å²) < 4.78 is 8.56. The summed E-state index contributed by atoms with van der Waals surface area (Å²) in [5, 5.41) is 6.04. The predicted octanol–water partition coefficient (Wildman–Crippen LogP) is 12.1. The first-order chi connectivity index (χ1) is 25.7. The SMILES string of the molecule is Cc1c[c-]c(-c2cc(CC(C)C)c([Si](C)(C)C)cn2)cc1.[Ir].[c-]1ccc2c(oc3ccccc32)c1-c1nc2ccccc2n1-c1cccc2ccccc12. The summed E-state index contributed by atoms with van der Waals surface area (Å²) in [6.07, 6.45) is 3.24. The summed E-state index contributed by atoms with van der Waals surface area (Å²) in [4.78, 5) is 9.77. The molecule has 0 spiro atoms. The third-order valence-corrected chi connectivity index (χ3v) is 11.9. The van der Waals surface area contributed by atoms with E-state index in [2.05, 4.69) is 154 Å². The van der Waals surface area contributed by atoms with Crippen LogP contribution in [0.25, 0.3) is 72.1 Å². The molecule has 0 unspecified atom stereocenters. The molecule has 0 saturated heterocycles. The predicted molar refractivity (Wildman–Crippen MR) is 225 cm³/mol. The Hall–Kier alpha value is -5.13. The van der Waals surface area contributed by atoms with E-state index >= 15 is 0 Å². The molecule has 0 atom stereocenters. The van der Waals surface area contributed by atoms with Crippen molar-refractivity contribution in [3.8, 4) is 28.3 Å². The summed E-state index contributed by atoms with van der Waals surface area (Å²) in [7, 11) is -1.35.